The van der Waals surface area contributed by atoms with Crippen LogP contribution < -0.4 is 11.5 Å². The summed E-state index contributed by atoms with van der Waals surface area (Å²) in [6.45, 7) is 21.8. The number of nitrogens with two attached hydrogens (primary N) is 2. The lowest BCUT2D eigenvalue weighted by Gasteiger charge is -2.35. The maximum Gasteiger partial charge on any atom is 0.311 e. The minimum atomic E-state index is -1.85. The van der Waals surface area contributed by atoms with Gasteiger partial charge in [-0.05, 0) is 96.5 Å². The van der Waals surface area contributed by atoms with Gasteiger partial charge in [-0.2, -0.15) is 0 Å². The molecule has 214 valence electrons. The van der Waals surface area contributed by atoms with Gasteiger partial charge in [-0.1, -0.05) is 0 Å². The van der Waals surface area contributed by atoms with Crippen LogP contribution >= 0.6 is 0 Å². The summed E-state index contributed by atoms with van der Waals surface area (Å²) < 4.78 is 22.6. The third kappa shape index (κ3) is 26.0. The van der Waals surface area contributed by atoms with Crippen LogP contribution in [-0.4, -0.2) is 83.6 Å². The fraction of sp³-hybridized carbons (Fsp3) is 0.640. The Labute approximate surface area is 227 Å². The Morgan fingerprint density at radius 3 is 1.11 bits per heavy atom. The Kier molecular flexibility index (Phi) is 21.0. The number of benzene rings is 1. The first-order valence-electron chi connectivity index (χ1n) is 12.6. The monoisotopic (exact) mass is 574 g/mol. The van der Waals surface area contributed by atoms with E-state index >= 15 is 0 Å². The molecule has 0 unspecified atom stereocenters. The van der Waals surface area contributed by atoms with Gasteiger partial charge in [0.2, 0.25) is 0 Å². The highest BCUT2D eigenvalue weighted by Gasteiger charge is 2.35. The van der Waals surface area contributed by atoms with E-state index in [0.717, 1.165) is 26.1 Å². The van der Waals surface area contributed by atoms with Gasteiger partial charge in [0.25, 0.3) is 0 Å². The molecule has 0 aliphatic heterocycles. The van der Waals surface area contributed by atoms with E-state index in [0.29, 0.717) is 61.9 Å². The summed E-state index contributed by atoms with van der Waals surface area (Å²) >= 11 is 0. The lowest BCUT2D eigenvalue weighted by atomic mass is 10.1. The first-order valence-corrected chi connectivity index (χ1v) is 22.2. The Hall–Kier alpha value is -1.36. The zero-order valence-corrected chi connectivity index (χ0v) is 27.1. The van der Waals surface area contributed by atoms with Gasteiger partial charge in [-0.25, -0.2) is 0 Å². The summed E-state index contributed by atoms with van der Waals surface area (Å²) in [4.78, 5) is 30.9. The zero-order chi connectivity index (χ0) is 29.0. The smallest absolute Gasteiger partial charge is 0.311 e. The summed E-state index contributed by atoms with van der Waals surface area (Å²) in [6.07, 6.45) is 3.63. The topological polar surface area (TPSA) is 140 Å². The van der Waals surface area contributed by atoms with Crippen LogP contribution in [0.1, 0.15) is 43.9 Å². The molecule has 1 aromatic carbocycles. The first-order chi connectivity index (χ1) is 17.1. The van der Waals surface area contributed by atoms with E-state index in [1.807, 2.05) is 0 Å². The van der Waals surface area contributed by atoms with Crippen molar-refractivity contribution in [2.45, 2.75) is 65.2 Å². The number of carbonyl (C=O) groups excluding carboxylic acids is 3. The second-order valence-electron chi connectivity index (χ2n) is 10.6. The van der Waals surface area contributed by atoms with Crippen LogP contribution in [0.15, 0.2) is 18.2 Å². The zero-order valence-electron chi connectivity index (χ0n) is 24.1. The number of carbonyl (C=O) groups is 3. The molecular formula is C25H50N2O7Si3. The highest BCUT2D eigenvalue weighted by molar-refractivity contribution is 6.87. The number of hydrogen-bond acceptors (Lipinski definition) is 9. The molecule has 0 bridgehead atoms. The summed E-state index contributed by atoms with van der Waals surface area (Å²) in [5.41, 5.74) is 11.6. The molecule has 12 heteroatoms. The van der Waals surface area contributed by atoms with Crippen LogP contribution in [0.25, 0.3) is 0 Å². The SMILES string of the molecule is C[Si](C)(C)O[Si](C)(C)O[Si](C)(C)C.NCCCOCCOCCCN.O=Cc1cc(C=O)cc(C=O)c1. The van der Waals surface area contributed by atoms with Gasteiger partial charge >= 0.3 is 8.56 Å². The molecule has 0 heterocycles. The lowest BCUT2D eigenvalue weighted by molar-refractivity contribution is 0.0471. The molecule has 0 saturated carbocycles. The van der Waals surface area contributed by atoms with Crippen LogP contribution in [0.5, 0.6) is 0 Å². The van der Waals surface area contributed by atoms with Gasteiger partial charge in [0.15, 0.2) is 16.6 Å². The summed E-state index contributed by atoms with van der Waals surface area (Å²) in [6, 6.07) is 4.27. The van der Waals surface area contributed by atoms with Crippen molar-refractivity contribution in [1.29, 1.82) is 0 Å². The molecular weight excluding hydrogens is 525 g/mol. The van der Waals surface area contributed by atoms with Gasteiger partial charge in [0.1, 0.15) is 18.9 Å². The minimum Gasteiger partial charge on any atom is -0.437 e. The summed E-state index contributed by atoms with van der Waals surface area (Å²) in [7, 11) is -4.72. The standard InChI is InChI=1S/C9H6O3.C8H20N2O2.C8H24O2Si3/c10-4-7-1-8(5-11)3-9(2-7)6-12;9-3-1-5-11-7-8-12-6-2-4-10;1-11(2,3)9-13(7,8)10-12(4,5)6/h1-6H;1-10H2;1-8H3. The van der Waals surface area contributed by atoms with E-state index < -0.39 is 25.2 Å². The van der Waals surface area contributed by atoms with E-state index in [2.05, 4.69) is 52.4 Å². The van der Waals surface area contributed by atoms with Crippen molar-refractivity contribution in [2.75, 3.05) is 39.5 Å². The highest BCUT2D eigenvalue weighted by atomic mass is 28.5. The average Bonchev–Trinajstić information content (AvgIpc) is 2.78. The molecule has 4 N–H and O–H groups in total. The van der Waals surface area contributed by atoms with Crippen LogP contribution in [-0.2, 0) is 17.7 Å². The van der Waals surface area contributed by atoms with E-state index in [1.165, 1.54) is 18.2 Å². The predicted octanol–water partition coefficient (Wildman–Crippen LogP) is 4.23. The largest absolute Gasteiger partial charge is 0.437 e. The predicted molar refractivity (Wildman–Crippen MR) is 158 cm³/mol. The molecule has 0 saturated heterocycles. The molecule has 0 spiro atoms. The average molecular weight is 575 g/mol. The molecule has 37 heavy (non-hydrogen) atoms. The second kappa shape index (κ2) is 20.6. The number of ether oxygens (including phenoxy) is 2. The van der Waals surface area contributed by atoms with Crippen molar-refractivity contribution in [1.82, 2.24) is 0 Å². The molecule has 1 rings (SSSR count). The van der Waals surface area contributed by atoms with Gasteiger partial charge in [-0.3, -0.25) is 14.4 Å². The number of hydrogen-bond donors (Lipinski definition) is 2. The van der Waals surface area contributed by atoms with E-state index in [4.69, 9.17) is 29.2 Å². The molecule has 9 nitrogen and oxygen atoms in total. The van der Waals surface area contributed by atoms with E-state index in [-0.39, 0.29) is 0 Å². The van der Waals surface area contributed by atoms with Crippen LogP contribution in [0.2, 0.25) is 52.4 Å². The van der Waals surface area contributed by atoms with Crippen LogP contribution in [0.3, 0.4) is 0 Å². The third-order valence-electron chi connectivity index (χ3n) is 3.87. The molecule has 0 aliphatic carbocycles. The summed E-state index contributed by atoms with van der Waals surface area (Å²) in [5, 5.41) is 0. The van der Waals surface area contributed by atoms with Crippen molar-refractivity contribution in [3.8, 4) is 0 Å². The third-order valence-corrected chi connectivity index (χ3v) is 12.7. The quantitative estimate of drug-likeness (QED) is 0.168. The molecule has 0 radical (unpaired) electrons. The Bertz CT molecular complexity index is 675. The van der Waals surface area contributed by atoms with Crippen LogP contribution in [0, 0.1) is 0 Å². The first kappa shape index (κ1) is 37.8. The molecule has 0 aliphatic rings. The van der Waals surface area contributed by atoms with E-state index in [9.17, 15) is 14.4 Å². The highest BCUT2D eigenvalue weighted by Crippen LogP contribution is 2.19. The van der Waals surface area contributed by atoms with Crippen molar-refractivity contribution in [3.63, 3.8) is 0 Å². The Balaban J connectivity index is 0. The van der Waals surface area contributed by atoms with Crippen molar-refractivity contribution in [3.05, 3.63) is 34.9 Å². The maximum atomic E-state index is 10.3. The minimum absolute atomic E-state index is 0.335. The van der Waals surface area contributed by atoms with E-state index in [1.54, 1.807) is 0 Å². The van der Waals surface area contributed by atoms with Crippen molar-refractivity contribution in [2.24, 2.45) is 11.5 Å². The molecule has 0 atom stereocenters. The molecule has 0 aromatic heterocycles. The van der Waals surface area contributed by atoms with Crippen LogP contribution in [0.4, 0.5) is 0 Å². The molecule has 1 aromatic rings. The van der Waals surface area contributed by atoms with Crippen molar-refractivity contribution < 1.29 is 32.1 Å². The normalized spacial score (nSPS) is 11.5. The van der Waals surface area contributed by atoms with Gasteiger partial charge in [-0.15, -0.1) is 0 Å². The fourth-order valence-corrected chi connectivity index (χ4v) is 15.4. The number of aldehydes is 3. The lowest BCUT2D eigenvalue weighted by Crippen LogP contribution is -2.50. The molecule has 0 amide bonds. The maximum absolute atomic E-state index is 10.3. The Morgan fingerprint density at radius 2 is 0.892 bits per heavy atom. The van der Waals surface area contributed by atoms with Gasteiger partial charge in [0, 0.05) is 29.9 Å². The van der Waals surface area contributed by atoms with Crippen molar-refractivity contribution >= 4 is 44.1 Å². The Morgan fingerprint density at radius 1 is 0.595 bits per heavy atom. The number of rotatable bonds is 16. The van der Waals surface area contributed by atoms with Gasteiger partial charge < -0.3 is 29.2 Å². The molecule has 0 fully saturated rings. The van der Waals surface area contributed by atoms with Gasteiger partial charge in [0.05, 0.1) is 13.2 Å². The summed E-state index contributed by atoms with van der Waals surface area (Å²) in [5.74, 6) is 0. The second-order valence-corrected chi connectivity index (χ2v) is 23.5. The fourth-order valence-electron chi connectivity index (χ4n) is 3.09.